The maximum absolute atomic E-state index is 13.2. The third kappa shape index (κ3) is 5.35. The fourth-order valence-electron chi connectivity index (χ4n) is 1.61. The highest BCUT2D eigenvalue weighted by Crippen LogP contribution is 2.23. The lowest BCUT2D eigenvalue weighted by Gasteiger charge is -2.15. The molecule has 0 bridgehead atoms. The summed E-state index contributed by atoms with van der Waals surface area (Å²) in [5.74, 6) is -0.367. The van der Waals surface area contributed by atoms with Gasteiger partial charge >= 0.3 is 6.18 Å². The number of hydrogen-bond acceptors (Lipinski definition) is 1. The molecule has 6 heteroatoms. The molecule has 1 atom stereocenters. The maximum atomic E-state index is 13.2. The van der Waals surface area contributed by atoms with Gasteiger partial charge < -0.3 is 5.32 Å². The molecule has 0 saturated carbocycles. The Morgan fingerprint density at radius 3 is 2.61 bits per heavy atom. The molecule has 1 aromatic rings. The van der Waals surface area contributed by atoms with Crippen molar-refractivity contribution in [2.45, 2.75) is 19.5 Å². The molecule has 1 N–H and O–H groups in total. The van der Waals surface area contributed by atoms with E-state index in [-0.39, 0.29) is 18.3 Å². The highest BCUT2D eigenvalue weighted by Gasteiger charge is 2.26. The van der Waals surface area contributed by atoms with Gasteiger partial charge in [0.2, 0.25) is 0 Å². The number of halogens is 5. The summed E-state index contributed by atoms with van der Waals surface area (Å²) >= 11 is 3.13. The van der Waals surface area contributed by atoms with Crippen LogP contribution in [0.3, 0.4) is 0 Å². The number of alkyl halides is 3. The van der Waals surface area contributed by atoms with E-state index in [1.54, 1.807) is 12.1 Å². The van der Waals surface area contributed by atoms with Gasteiger partial charge in [-0.05, 0) is 46.4 Å². The first-order chi connectivity index (χ1) is 8.29. The quantitative estimate of drug-likeness (QED) is 0.808. The summed E-state index contributed by atoms with van der Waals surface area (Å²) in [5, 5.41) is 2.35. The van der Waals surface area contributed by atoms with Crippen molar-refractivity contribution in [1.29, 1.82) is 0 Å². The van der Waals surface area contributed by atoms with E-state index in [0.717, 1.165) is 5.56 Å². The van der Waals surface area contributed by atoms with Gasteiger partial charge in [0, 0.05) is 0 Å². The molecule has 1 unspecified atom stereocenters. The zero-order valence-electron chi connectivity index (χ0n) is 9.82. The monoisotopic (exact) mass is 327 g/mol. The predicted molar refractivity (Wildman–Crippen MR) is 65.9 cm³/mol. The molecular formula is C12H14BrF4N. The Morgan fingerprint density at radius 1 is 1.33 bits per heavy atom. The van der Waals surface area contributed by atoms with Crippen LogP contribution in [0.15, 0.2) is 22.7 Å². The molecule has 0 aliphatic rings. The predicted octanol–water partition coefficient (Wildman–Crippen LogP) is 3.92. The van der Waals surface area contributed by atoms with E-state index in [1.807, 2.05) is 6.92 Å². The van der Waals surface area contributed by atoms with Crippen LogP contribution in [0.25, 0.3) is 0 Å². The van der Waals surface area contributed by atoms with Crippen LogP contribution in [0, 0.1) is 11.7 Å². The van der Waals surface area contributed by atoms with Crippen LogP contribution in [0.1, 0.15) is 12.5 Å². The first-order valence-corrected chi connectivity index (χ1v) is 6.29. The Kier molecular flexibility index (Phi) is 5.59. The average Bonchev–Trinajstić information content (AvgIpc) is 2.23. The summed E-state index contributed by atoms with van der Waals surface area (Å²) in [7, 11) is 0. The molecule has 0 heterocycles. The smallest absolute Gasteiger partial charge is 0.308 e. The van der Waals surface area contributed by atoms with Crippen molar-refractivity contribution in [2.75, 3.05) is 13.1 Å². The lowest BCUT2D eigenvalue weighted by Crippen LogP contribution is -2.32. The largest absolute Gasteiger partial charge is 0.401 e. The van der Waals surface area contributed by atoms with Gasteiger partial charge in [0.25, 0.3) is 0 Å². The Hall–Kier alpha value is -0.620. The first-order valence-electron chi connectivity index (χ1n) is 5.50. The van der Waals surface area contributed by atoms with Gasteiger partial charge in [-0.15, -0.1) is 0 Å². The normalized spacial score (nSPS) is 13.7. The van der Waals surface area contributed by atoms with Crippen molar-refractivity contribution >= 4 is 15.9 Å². The molecule has 0 saturated heterocycles. The SMILES string of the molecule is CC(CNCC(F)(F)F)Cc1cccc(F)c1Br. The minimum Gasteiger partial charge on any atom is -0.308 e. The van der Waals surface area contributed by atoms with E-state index in [0.29, 0.717) is 10.9 Å². The van der Waals surface area contributed by atoms with Gasteiger partial charge in [0.05, 0.1) is 11.0 Å². The highest BCUT2D eigenvalue weighted by molar-refractivity contribution is 9.10. The van der Waals surface area contributed by atoms with Gasteiger partial charge in [0.1, 0.15) is 5.82 Å². The summed E-state index contributed by atoms with van der Waals surface area (Å²) < 4.78 is 49.4. The summed E-state index contributed by atoms with van der Waals surface area (Å²) in [5.41, 5.74) is 0.760. The van der Waals surface area contributed by atoms with E-state index in [2.05, 4.69) is 21.2 Å². The summed E-state index contributed by atoms with van der Waals surface area (Å²) in [6, 6.07) is 4.68. The fourth-order valence-corrected chi connectivity index (χ4v) is 2.04. The molecular weight excluding hydrogens is 314 g/mol. The van der Waals surface area contributed by atoms with Crippen molar-refractivity contribution in [3.63, 3.8) is 0 Å². The zero-order valence-corrected chi connectivity index (χ0v) is 11.4. The number of nitrogens with one attached hydrogen (secondary N) is 1. The maximum Gasteiger partial charge on any atom is 0.401 e. The minimum atomic E-state index is -4.20. The third-order valence-corrected chi connectivity index (χ3v) is 3.31. The van der Waals surface area contributed by atoms with E-state index < -0.39 is 12.7 Å². The summed E-state index contributed by atoms with van der Waals surface area (Å²) in [6.07, 6.45) is -3.68. The van der Waals surface area contributed by atoms with Crippen LogP contribution in [-0.4, -0.2) is 19.3 Å². The molecule has 0 aliphatic heterocycles. The molecule has 0 spiro atoms. The summed E-state index contributed by atoms with van der Waals surface area (Å²) in [4.78, 5) is 0. The van der Waals surface area contributed by atoms with Crippen LogP contribution < -0.4 is 5.32 Å². The molecule has 0 fully saturated rings. The van der Waals surface area contributed by atoms with Crippen molar-refractivity contribution in [3.8, 4) is 0 Å². The van der Waals surface area contributed by atoms with Gasteiger partial charge in [-0.25, -0.2) is 4.39 Å². The van der Waals surface area contributed by atoms with Crippen LogP contribution in [-0.2, 0) is 6.42 Å². The van der Waals surface area contributed by atoms with Gasteiger partial charge in [-0.2, -0.15) is 13.2 Å². The van der Waals surface area contributed by atoms with Crippen LogP contribution in [0.5, 0.6) is 0 Å². The molecule has 102 valence electrons. The fraction of sp³-hybridized carbons (Fsp3) is 0.500. The molecule has 1 rings (SSSR count). The minimum absolute atomic E-state index is 0.00884. The molecule has 0 amide bonds. The lowest BCUT2D eigenvalue weighted by atomic mass is 10.0. The van der Waals surface area contributed by atoms with Crippen LogP contribution >= 0.6 is 15.9 Å². The topological polar surface area (TPSA) is 12.0 Å². The van der Waals surface area contributed by atoms with Crippen molar-refractivity contribution < 1.29 is 17.6 Å². The second kappa shape index (κ2) is 6.52. The molecule has 1 aromatic carbocycles. The Morgan fingerprint density at radius 2 is 2.00 bits per heavy atom. The Bertz CT molecular complexity index is 392. The van der Waals surface area contributed by atoms with E-state index in [9.17, 15) is 17.6 Å². The average molecular weight is 328 g/mol. The Labute approximate surface area is 112 Å². The van der Waals surface area contributed by atoms with Crippen molar-refractivity contribution in [1.82, 2.24) is 5.32 Å². The van der Waals surface area contributed by atoms with Crippen LogP contribution in [0.2, 0.25) is 0 Å². The van der Waals surface area contributed by atoms with Gasteiger partial charge in [-0.3, -0.25) is 0 Å². The number of rotatable bonds is 5. The molecule has 0 aliphatic carbocycles. The summed E-state index contributed by atoms with van der Waals surface area (Å²) in [6.45, 7) is 1.06. The second-order valence-electron chi connectivity index (χ2n) is 4.27. The third-order valence-electron chi connectivity index (χ3n) is 2.42. The number of hydrogen-bond donors (Lipinski definition) is 1. The van der Waals surface area contributed by atoms with E-state index >= 15 is 0 Å². The van der Waals surface area contributed by atoms with Crippen LogP contribution in [0.4, 0.5) is 17.6 Å². The molecule has 0 aromatic heterocycles. The zero-order chi connectivity index (χ0) is 13.8. The molecule has 1 nitrogen and oxygen atoms in total. The first kappa shape index (κ1) is 15.4. The standard InChI is InChI=1S/C12H14BrF4N/c1-8(6-18-7-12(15,16)17)5-9-3-2-4-10(14)11(9)13/h2-4,8,18H,5-7H2,1H3. The van der Waals surface area contributed by atoms with Gasteiger partial charge in [-0.1, -0.05) is 19.1 Å². The van der Waals surface area contributed by atoms with Gasteiger partial charge in [0.15, 0.2) is 0 Å². The molecule has 0 radical (unpaired) electrons. The second-order valence-corrected chi connectivity index (χ2v) is 5.06. The van der Waals surface area contributed by atoms with Crippen molar-refractivity contribution in [3.05, 3.63) is 34.1 Å². The lowest BCUT2D eigenvalue weighted by molar-refractivity contribution is -0.125. The molecule has 18 heavy (non-hydrogen) atoms. The Balaban J connectivity index is 2.45. The van der Waals surface area contributed by atoms with E-state index in [4.69, 9.17) is 0 Å². The van der Waals surface area contributed by atoms with E-state index in [1.165, 1.54) is 6.07 Å². The number of benzene rings is 1. The highest BCUT2D eigenvalue weighted by atomic mass is 79.9. The van der Waals surface area contributed by atoms with Crippen molar-refractivity contribution in [2.24, 2.45) is 5.92 Å².